The van der Waals surface area contributed by atoms with Crippen LogP contribution in [0.4, 0.5) is 4.39 Å². The fourth-order valence-corrected chi connectivity index (χ4v) is 1.91. The van der Waals surface area contributed by atoms with Crippen molar-refractivity contribution in [3.8, 4) is 11.5 Å². The lowest BCUT2D eigenvalue weighted by Crippen LogP contribution is -2.07. The first-order valence-electron chi connectivity index (χ1n) is 6.27. The quantitative estimate of drug-likeness (QED) is 0.783. The van der Waals surface area contributed by atoms with E-state index in [1.54, 1.807) is 30.3 Å². The molecule has 2 aromatic carbocycles. The molecule has 0 heterocycles. The van der Waals surface area contributed by atoms with Gasteiger partial charge in [0.15, 0.2) is 5.78 Å². The Bertz CT molecular complexity index is 606. The van der Waals surface area contributed by atoms with E-state index in [0.29, 0.717) is 17.9 Å². The fraction of sp³-hybridized carbons (Fsp3) is 0.188. The largest absolute Gasteiger partial charge is 0.496 e. The third-order valence-electron chi connectivity index (χ3n) is 2.85. The molecule has 0 saturated heterocycles. The highest BCUT2D eigenvalue weighted by Crippen LogP contribution is 2.25. The maximum Gasteiger partial charge on any atom is 0.199 e. The number of rotatable bonds is 5. The Hall–Kier alpha value is -2.36. The van der Waals surface area contributed by atoms with Gasteiger partial charge in [0.25, 0.3) is 0 Å². The summed E-state index contributed by atoms with van der Waals surface area (Å²) in [6.07, 6.45) is 0. The van der Waals surface area contributed by atoms with Crippen LogP contribution in [0.25, 0.3) is 0 Å². The van der Waals surface area contributed by atoms with Crippen LogP contribution in [0.2, 0.25) is 0 Å². The molecule has 0 radical (unpaired) electrons. The van der Waals surface area contributed by atoms with E-state index >= 15 is 0 Å². The van der Waals surface area contributed by atoms with Crippen molar-refractivity contribution in [3.05, 3.63) is 59.4 Å². The maximum absolute atomic E-state index is 13.8. The zero-order valence-corrected chi connectivity index (χ0v) is 11.4. The predicted molar refractivity (Wildman–Crippen MR) is 74.0 cm³/mol. The summed E-state index contributed by atoms with van der Waals surface area (Å²) in [6.45, 7) is 2.43. The lowest BCUT2D eigenvalue weighted by atomic mass is 10.0. The fourth-order valence-electron chi connectivity index (χ4n) is 1.91. The van der Waals surface area contributed by atoms with Crippen molar-refractivity contribution in [2.75, 3.05) is 13.7 Å². The minimum Gasteiger partial charge on any atom is -0.496 e. The summed E-state index contributed by atoms with van der Waals surface area (Å²) in [4.78, 5) is 12.4. The van der Waals surface area contributed by atoms with Crippen LogP contribution in [-0.4, -0.2) is 19.5 Å². The molecule has 0 spiro atoms. The van der Waals surface area contributed by atoms with Gasteiger partial charge in [0.2, 0.25) is 0 Å². The van der Waals surface area contributed by atoms with Crippen LogP contribution in [-0.2, 0) is 0 Å². The number of hydrogen-bond acceptors (Lipinski definition) is 3. The summed E-state index contributed by atoms with van der Waals surface area (Å²) in [6, 6.07) is 10.9. The van der Waals surface area contributed by atoms with E-state index in [9.17, 15) is 9.18 Å². The Kier molecular flexibility index (Phi) is 4.35. The smallest absolute Gasteiger partial charge is 0.199 e. The molecule has 3 nitrogen and oxygen atoms in total. The van der Waals surface area contributed by atoms with Crippen LogP contribution in [0, 0.1) is 5.82 Å². The SMILES string of the molecule is CCOc1ccc(C(=O)c2c(F)cccc2OC)cc1. The lowest BCUT2D eigenvalue weighted by Gasteiger charge is -2.09. The Balaban J connectivity index is 2.36. The first-order chi connectivity index (χ1) is 9.67. The number of carbonyl (C=O) groups excluding carboxylic acids is 1. The average molecular weight is 274 g/mol. The van der Waals surface area contributed by atoms with Crippen LogP contribution >= 0.6 is 0 Å². The molecule has 0 N–H and O–H groups in total. The van der Waals surface area contributed by atoms with E-state index in [-0.39, 0.29) is 11.3 Å². The van der Waals surface area contributed by atoms with Gasteiger partial charge in [-0.15, -0.1) is 0 Å². The molecule has 0 aliphatic carbocycles. The molecule has 20 heavy (non-hydrogen) atoms. The predicted octanol–water partition coefficient (Wildman–Crippen LogP) is 3.46. The highest BCUT2D eigenvalue weighted by molar-refractivity contribution is 6.10. The molecule has 4 heteroatoms. The van der Waals surface area contributed by atoms with Gasteiger partial charge >= 0.3 is 0 Å². The van der Waals surface area contributed by atoms with E-state index in [0.717, 1.165) is 0 Å². The summed E-state index contributed by atoms with van der Waals surface area (Å²) >= 11 is 0. The monoisotopic (exact) mass is 274 g/mol. The van der Waals surface area contributed by atoms with Crippen LogP contribution in [0.1, 0.15) is 22.8 Å². The number of hydrogen-bond donors (Lipinski definition) is 0. The second kappa shape index (κ2) is 6.19. The standard InChI is InChI=1S/C16H15FO3/c1-3-20-12-9-7-11(8-10-12)16(18)15-13(17)5-4-6-14(15)19-2/h4-10H,3H2,1-2H3. The van der Waals surface area contributed by atoms with Crippen LogP contribution in [0.15, 0.2) is 42.5 Å². The zero-order chi connectivity index (χ0) is 14.5. The molecule has 0 atom stereocenters. The number of benzene rings is 2. The van der Waals surface area contributed by atoms with Crippen molar-refractivity contribution < 1.29 is 18.7 Å². The third-order valence-corrected chi connectivity index (χ3v) is 2.85. The van der Waals surface area contributed by atoms with Gasteiger partial charge in [-0.2, -0.15) is 0 Å². The van der Waals surface area contributed by atoms with Gasteiger partial charge in [-0.25, -0.2) is 4.39 Å². The van der Waals surface area contributed by atoms with Crippen molar-refractivity contribution in [1.29, 1.82) is 0 Å². The summed E-state index contributed by atoms with van der Waals surface area (Å²) < 4.78 is 24.2. The van der Waals surface area contributed by atoms with Crippen LogP contribution in [0.5, 0.6) is 11.5 Å². The molecular formula is C16H15FO3. The molecule has 0 amide bonds. The Morgan fingerprint density at radius 1 is 1.15 bits per heavy atom. The molecule has 2 rings (SSSR count). The molecule has 0 saturated carbocycles. The van der Waals surface area contributed by atoms with E-state index in [1.807, 2.05) is 6.92 Å². The van der Waals surface area contributed by atoms with E-state index in [1.165, 1.54) is 19.2 Å². The van der Waals surface area contributed by atoms with Gasteiger partial charge < -0.3 is 9.47 Å². The van der Waals surface area contributed by atoms with Gasteiger partial charge in [0.05, 0.1) is 13.7 Å². The van der Waals surface area contributed by atoms with Crippen LogP contribution < -0.4 is 9.47 Å². The molecule has 104 valence electrons. The minimum absolute atomic E-state index is 0.0563. The molecule has 0 aromatic heterocycles. The number of carbonyl (C=O) groups is 1. The highest BCUT2D eigenvalue weighted by atomic mass is 19.1. The van der Waals surface area contributed by atoms with E-state index < -0.39 is 11.6 Å². The first kappa shape index (κ1) is 14.1. The normalized spacial score (nSPS) is 10.2. The summed E-state index contributed by atoms with van der Waals surface area (Å²) in [5.41, 5.74) is 0.330. The molecular weight excluding hydrogens is 259 g/mol. The number of ketones is 1. The Labute approximate surface area is 117 Å². The first-order valence-corrected chi connectivity index (χ1v) is 6.27. The zero-order valence-electron chi connectivity index (χ0n) is 11.4. The summed E-state index contributed by atoms with van der Waals surface area (Å²) in [5.74, 6) is -0.111. The molecule has 0 fully saturated rings. The van der Waals surface area contributed by atoms with E-state index in [2.05, 4.69) is 0 Å². The van der Waals surface area contributed by atoms with Crippen molar-refractivity contribution in [1.82, 2.24) is 0 Å². The lowest BCUT2D eigenvalue weighted by molar-refractivity contribution is 0.103. The summed E-state index contributed by atoms with van der Waals surface area (Å²) in [7, 11) is 1.41. The number of ether oxygens (including phenoxy) is 2. The maximum atomic E-state index is 13.8. The average Bonchev–Trinajstić information content (AvgIpc) is 2.47. The number of methoxy groups -OCH3 is 1. The summed E-state index contributed by atoms with van der Waals surface area (Å²) in [5, 5.41) is 0. The Morgan fingerprint density at radius 2 is 1.85 bits per heavy atom. The van der Waals surface area contributed by atoms with Crippen LogP contribution in [0.3, 0.4) is 0 Å². The Morgan fingerprint density at radius 3 is 2.45 bits per heavy atom. The van der Waals surface area contributed by atoms with Gasteiger partial charge in [-0.05, 0) is 43.3 Å². The highest BCUT2D eigenvalue weighted by Gasteiger charge is 2.19. The van der Waals surface area contributed by atoms with E-state index in [4.69, 9.17) is 9.47 Å². The van der Waals surface area contributed by atoms with Crippen molar-refractivity contribution in [2.45, 2.75) is 6.92 Å². The van der Waals surface area contributed by atoms with Crippen molar-refractivity contribution >= 4 is 5.78 Å². The van der Waals surface area contributed by atoms with Crippen molar-refractivity contribution in [2.24, 2.45) is 0 Å². The molecule has 2 aromatic rings. The topological polar surface area (TPSA) is 35.5 Å². The second-order valence-electron chi connectivity index (χ2n) is 4.10. The second-order valence-corrected chi connectivity index (χ2v) is 4.10. The molecule has 0 unspecified atom stereocenters. The molecule has 0 aliphatic rings. The van der Waals surface area contributed by atoms with Crippen molar-refractivity contribution in [3.63, 3.8) is 0 Å². The minimum atomic E-state index is -0.594. The van der Waals surface area contributed by atoms with Gasteiger partial charge in [0.1, 0.15) is 22.9 Å². The van der Waals surface area contributed by atoms with Gasteiger partial charge in [-0.3, -0.25) is 4.79 Å². The molecule has 0 bridgehead atoms. The van der Waals surface area contributed by atoms with Gasteiger partial charge in [-0.1, -0.05) is 6.07 Å². The number of halogens is 1. The van der Waals surface area contributed by atoms with Gasteiger partial charge in [0, 0.05) is 5.56 Å². The third kappa shape index (κ3) is 2.79. The molecule has 0 aliphatic heterocycles.